The average Bonchev–Trinajstić information content (AvgIpc) is 2.39. The number of rotatable bonds is 5. The summed E-state index contributed by atoms with van der Waals surface area (Å²) in [6.45, 7) is 1.45. The molecule has 0 bridgehead atoms. The molecule has 0 heterocycles. The highest BCUT2D eigenvalue weighted by atomic mass is 79.9. The van der Waals surface area contributed by atoms with Crippen molar-refractivity contribution in [3.8, 4) is 5.75 Å². The highest BCUT2D eigenvalue weighted by Gasteiger charge is 2.12. The summed E-state index contributed by atoms with van der Waals surface area (Å²) in [5.74, 6) is 0.509. The summed E-state index contributed by atoms with van der Waals surface area (Å²) in [5.41, 5.74) is 2.13. The summed E-state index contributed by atoms with van der Waals surface area (Å²) in [6, 6.07) is 5.31. The van der Waals surface area contributed by atoms with E-state index in [0.717, 1.165) is 5.56 Å². The minimum absolute atomic E-state index is 0.141. The van der Waals surface area contributed by atoms with Gasteiger partial charge in [-0.1, -0.05) is 0 Å². The van der Waals surface area contributed by atoms with Gasteiger partial charge in [-0.15, -0.1) is 0 Å². The van der Waals surface area contributed by atoms with Gasteiger partial charge in [0.05, 0.1) is 17.3 Å². The Morgan fingerprint density at radius 3 is 2.63 bits per heavy atom. The molecule has 1 aromatic carbocycles. The van der Waals surface area contributed by atoms with Crippen molar-refractivity contribution in [1.29, 1.82) is 5.41 Å². The third-order valence-corrected chi connectivity index (χ3v) is 3.03. The lowest BCUT2D eigenvalue weighted by atomic mass is 10.1. The zero-order valence-electron chi connectivity index (χ0n) is 11.0. The fourth-order valence-electron chi connectivity index (χ4n) is 1.64. The van der Waals surface area contributed by atoms with E-state index in [1.54, 1.807) is 32.4 Å². The van der Waals surface area contributed by atoms with Gasteiger partial charge in [-0.05, 0) is 34.1 Å². The van der Waals surface area contributed by atoms with Crippen LogP contribution in [0.5, 0.6) is 5.75 Å². The molecule has 102 valence electrons. The number of carbonyl (C=O) groups excluding carboxylic acids is 1. The molecular weight excluding hydrogens is 310 g/mol. The van der Waals surface area contributed by atoms with Crippen LogP contribution in [0.25, 0.3) is 5.70 Å². The van der Waals surface area contributed by atoms with E-state index in [1.165, 1.54) is 13.1 Å². The Labute approximate surface area is 120 Å². The maximum atomic E-state index is 11.1. The largest absolute Gasteiger partial charge is 0.496 e. The highest BCUT2D eigenvalue weighted by molar-refractivity contribution is 9.12. The average molecular weight is 326 g/mol. The van der Waals surface area contributed by atoms with Crippen molar-refractivity contribution in [1.82, 2.24) is 5.32 Å². The molecule has 0 atom stereocenters. The Morgan fingerprint density at radius 2 is 2.16 bits per heavy atom. The standard InChI is InChI=1S/C13H16BrN3O2/c1-8(18)17-9-4-5-12(19-3)10(6-9)13(16-2)11(14)7-15/h4-7,15-16H,1-3H3,(H,17,18)/b13-11+,15-7?. The second kappa shape index (κ2) is 6.94. The van der Waals surface area contributed by atoms with E-state index >= 15 is 0 Å². The number of carbonyl (C=O) groups is 1. The predicted molar refractivity (Wildman–Crippen MR) is 81.0 cm³/mol. The van der Waals surface area contributed by atoms with Gasteiger partial charge in [-0.3, -0.25) is 4.79 Å². The normalized spacial score (nSPS) is 11.4. The Kier molecular flexibility index (Phi) is 5.57. The van der Waals surface area contributed by atoms with Gasteiger partial charge in [0, 0.05) is 31.4 Å². The first kappa shape index (κ1) is 15.2. The first-order chi connectivity index (χ1) is 9.03. The number of allylic oxidation sites excluding steroid dienone is 1. The molecule has 1 amide bonds. The molecule has 5 nitrogen and oxygen atoms in total. The second-order valence-electron chi connectivity index (χ2n) is 3.71. The van der Waals surface area contributed by atoms with Gasteiger partial charge < -0.3 is 20.8 Å². The summed E-state index contributed by atoms with van der Waals surface area (Å²) in [7, 11) is 3.33. The summed E-state index contributed by atoms with van der Waals surface area (Å²) >= 11 is 3.31. The molecule has 0 unspecified atom stereocenters. The van der Waals surface area contributed by atoms with Crippen LogP contribution in [0.2, 0.25) is 0 Å². The molecular formula is C13H16BrN3O2. The van der Waals surface area contributed by atoms with Crippen molar-refractivity contribution in [2.75, 3.05) is 19.5 Å². The van der Waals surface area contributed by atoms with E-state index in [-0.39, 0.29) is 5.91 Å². The van der Waals surface area contributed by atoms with Crippen molar-refractivity contribution in [3.05, 3.63) is 28.2 Å². The van der Waals surface area contributed by atoms with Crippen molar-refractivity contribution in [2.24, 2.45) is 0 Å². The molecule has 19 heavy (non-hydrogen) atoms. The van der Waals surface area contributed by atoms with Gasteiger partial charge in [-0.2, -0.15) is 0 Å². The lowest BCUT2D eigenvalue weighted by molar-refractivity contribution is -0.114. The van der Waals surface area contributed by atoms with Crippen molar-refractivity contribution in [3.63, 3.8) is 0 Å². The molecule has 0 aromatic heterocycles. The van der Waals surface area contributed by atoms with Gasteiger partial charge in [0.15, 0.2) is 0 Å². The van der Waals surface area contributed by atoms with Crippen molar-refractivity contribution in [2.45, 2.75) is 6.92 Å². The van der Waals surface area contributed by atoms with Gasteiger partial charge in [-0.25, -0.2) is 0 Å². The van der Waals surface area contributed by atoms with Gasteiger partial charge in [0.1, 0.15) is 5.75 Å². The van der Waals surface area contributed by atoms with Crippen LogP contribution in [0.1, 0.15) is 12.5 Å². The molecule has 0 saturated carbocycles. The second-order valence-corrected chi connectivity index (χ2v) is 4.57. The maximum Gasteiger partial charge on any atom is 0.221 e. The molecule has 1 aromatic rings. The molecule has 0 radical (unpaired) electrons. The fraction of sp³-hybridized carbons (Fsp3) is 0.231. The minimum atomic E-state index is -0.141. The fourth-order valence-corrected chi connectivity index (χ4v) is 2.05. The van der Waals surface area contributed by atoms with E-state index < -0.39 is 0 Å². The molecule has 6 heteroatoms. The quantitative estimate of drug-likeness (QED) is 0.728. The Hall–Kier alpha value is -1.82. The number of ether oxygens (including phenoxy) is 1. The minimum Gasteiger partial charge on any atom is -0.496 e. The van der Waals surface area contributed by atoms with Crippen LogP contribution < -0.4 is 15.4 Å². The number of benzene rings is 1. The Balaban J connectivity index is 3.37. The molecule has 0 aliphatic rings. The summed E-state index contributed by atoms with van der Waals surface area (Å²) in [4.78, 5) is 11.1. The topological polar surface area (TPSA) is 74.2 Å². The number of hydrogen-bond acceptors (Lipinski definition) is 4. The first-order valence-electron chi connectivity index (χ1n) is 5.57. The van der Waals surface area contributed by atoms with Crippen LogP contribution in [0.3, 0.4) is 0 Å². The zero-order valence-corrected chi connectivity index (χ0v) is 12.6. The first-order valence-corrected chi connectivity index (χ1v) is 6.36. The number of hydrogen-bond donors (Lipinski definition) is 3. The summed E-state index contributed by atoms with van der Waals surface area (Å²) in [6.07, 6.45) is 1.19. The van der Waals surface area contributed by atoms with Crippen molar-refractivity contribution < 1.29 is 9.53 Å². The Morgan fingerprint density at radius 1 is 1.47 bits per heavy atom. The molecule has 3 N–H and O–H groups in total. The predicted octanol–water partition coefficient (Wildman–Crippen LogP) is 2.59. The van der Waals surface area contributed by atoms with Gasteiger partial charge in [0.25, 0.3) is 0 Å². The lowest BCUT2D eigenvalue weighted by Gasteiger charge is -2.14. The van der Waals surface area contributed by atoms with Crippen molar-refractivity contribution >= 4 is 39.4 Å². The molecule has 0 fully saturated rings. The summed E-state index contributed by atoms with van der Waals surface area (Å²) < 4.78 is 5.89. The SMILES string of the molecule is CN/C(=C(/Br)C=N)c1cc(NC(C)=O)ccc1OC. The monoisotopic (exact) mass is 325 g/mol. The van der Waals surface area contributed by atoms with Crippen LogP contribution in [0.15, 0.2) is 22.7 Å². The number of methoxy groups -OCH3 is 1. The number of anilines is 1. The Bertz CT molecular complexity index is 527. The molecule has 0 aliphatic carbocycles. The van der Waals surface area contributed by atoms with Crippen LogP contribution in [-0.4, -0.2) is 26.3 Å². The van der Waals surface area contributed by atoms with Crippen LogP contribution >= 0.6 is 15.9 Å². The highest BCUT2D eigenvalue weighted by Crippen LogP contribution is 2.30. The van der Waals surface area contributed by atoms with E-state index in [2.05, 4.69) is 26.6 Å². The summed E-state index contributed by atoms with van der Waals surface area (Å²) in [5, 5.41) is 13.0. The van der Waals surface area contributed by atoms with Gasteiger partial charge in [0.2, 0.25) is 5.91 Å². The third-order valence-electron chi connectivity index (χ3n) is 2.40. The van der Waals surface area contributed by atoms with E-state index in [1.807, 2.05) is 0 Å². The zero-order chi connectivity index (χ0) is 14.4. The van der Waals surface area contributed by atoms with Crippen LogP contribution in [-0.2, 0) is 4.79 Å². The van der Waals surface area contributed by atoms with Crippen LogP contribution in [0.4, 0.5) is 5.69 Å². The molecule has 0 saturated heterocycles. The number of nitrogens with one attached hydrogen (secondary N) is 3. The van der Waals surface area contributed by atoms with E-state index in [0.29, 0.717) is 21.6 Å². The van der Waals surface area contributed by atoms with Gasteiger partial charge >= 0.3 is 0 Å². The molecule has 0 aliphatic heterocycles. The third kappa shape index (κ3) is 3.82. The van der Waals surface area contributed by atoms with Crippen LogP contribution in [0, 0.1) is 5.41 Å². The lowest BCUT2D eigenvalue weighted by Crippen LogP contribution is -2.10. The maximum absolute atomic E-state index is 11.1. The molecule has 0 spiro atoms. The number of halogens is 1. The molecule has 1 rings (SSSR count). The number of amides is 1. The van der Waals surface area contributed by atoms with E-state index in [4.69, 9.17) is 10.1 Å². The van der Waals surface area contributed by atoms with E-state index in [9.17, 15) is 4.79 Å². The smallest absolute Gasteiger partial charge is 0.221 e.